The van der Waals surface area contributed by atoms with Crippen molar-refractivity contribution in [2.45, 2.75) is 20.8 Å². The molecule has 0 saturated carbocycles. The van der Waals surface area contributed by atoms with Gasteiger partial charge in [-0.1, -0.05) is 0 Å². The first kappa shape index (κ1) is 11.4. The van der Waals surface area contributed by atoms with Crippen molar-refractivity contribution >= 4 is 11.8 Å². The van der Waals surface area contributed by atoms with Crippen molar-refractivity contribution in [2.24, 2.45) is 0 Å². The number of nitrogens with zero attached hydrogens (tertiary/aromatic N) is 1. The molecule has 0 amide bonds. The van der Waals surface area contributed by atoms with Crippen LogP contribution in [0.3, 0.4) is 0 Å². The van der Waals surface area contributed by atoms with Crippen LogP contribution in [0.25, 0.3) is 0 Å². The third kappa shape index (κ3) is 2.21. The van der Waals surface area contributed by atoms with Crippen molar-refractivity contribution in [1.29, 1.82) is 0 Å². The number of aromatic nitrogens is 1. The van der Waals surface area contributed by atoms with Crippen molar-refractivity contribution in [3.63, 3.8) is 0 Å². The first-order valence-corrected chi connectivity index (χ1v) is 4.55. The van der Waals surface area contributed by atoms with Gasteiger partial charge >= 0.3 is 5.97 Å². The van der Waals surface area contributed by atoms with Crippen molar-refractivity contribution in [2.75, 3.05) is 7.11 Å². The number of carbonyl (C=O) groups is 2. The van der Waals surface area contributed by atoms with Crippen molar-refractivity contribution in [3.05, 3.63) is 28.6 Å². The lowest BCUT2D eigenvalue weighted by Gasteiger charge is -2.07. The van der Waals surface area contributed by atoms with Crippen LogP contribution in [0.1, 0.15) is 39.0 Å². The second-order valence-electron chi connectivity index (χ2n) is 3.33. The summed E-state index contributed by atoms with van der Waals surface area (Å²) in [5.74, 6) is -0.769. The summed E-state index contributed by atoms with van der Waals surface area (Å²) in [7, 11) is 1.28. The molecule has 0 aliphatic carbocycles. The number of esters is 1. The Morgan fingerprint density at radius 1 is 1.33 bits per heavy atom. The van der Waals surface area contributed by atoms with Crippen LogP contribution in [0, 0.1) is 13.8 Å². The lowest BCUT2D eigenvalue weighted by molar-refractivity contribution is 0.0596. The maximum Gasteiger partial charge on any atom is 0.340 e. The Hall–Kier alpha value is -1.71. The van der Waals surface area contributed by atoms with Gasteiger partial charge in [-0.2, -0.15) is 0 Å². The van der Waals surface area contributed by atoms with Crippen LogP contribution in [0.15, 0.2) is 6.07 Å². The van der Waals surface area contributed by atoms with E-state index < -0.39 is 5.97 Å². The second-order valence-corrected chi connectivity index (χ2v) is 3.33. The largest absolute Gasteiger partial charge is 0.465 e. The Morgan fingerprint density at radius 2 is 1.93 bits per heavy atom. The minimum atomic E-state index is -0.532. The Morgan fingerprint density at radius 3 is 2.40 bits per heavy atom. The summed E-state index contributed by atoms with van der Waals surface area (Å²) in [6.07, 6.45) is 0. The molecule has 0 aliphatic rings. The van der Waals surface area contributed by atoms with Crippen LogP contribution in [0.5, 0.6) is 0 Å². The van der Waals surface area contributed by atoms with Crippen LogP contribution < -0.4 is 0 Å². The molecule has 0 bridgehead atoms. The number of carbonyl (C=O) groups excluding carboxylic acids is 2. The molecule has 0 radical (unpaired) electrons. The highest BCUT2D eigenvalue weighted by molar-refractivity contribution is 6.04. The lowest BCUT2D eigenvalue weighted by atomic mass is 10.1. The topological polar surface area (TPSA) is 56.3 Å². The Kier molecular flexibility index (Phi) is 3.19. The fraction of sp³-hybridized carbons (Fsp3) is 0.364. The third-order valence-corrected chi connectivity index (χ3v) is 2.20. The molecule has 15 heavy (non-hydrogen) atoms. The van der Waals surface area contributed by atoms with Crippen LogP contribution in [-0.4, -0.2) is 23.8 Å². The second kappa shape index (κ2) is 4.21. The summed E-state index contributed by atoms with van der Waals surface area (Å²) in [6, 6.07) is 1.63. The smallest absolute Gasteiger partial charge is 0.340 e. The van der Waals surface area contributed by atoms with E-state index in [4.69, 9.17) is 0 Å². The number of ketones is 1. The van der Waals surface area contributed by atoms with Crippen LogP contribution in [-0.2, 0) is 4.74 Å². The predicted octanol–water partition coefficient (Wildman–Crippen LogP) is 1.69. The van der Waals surface area contributed by atoms with Gasteiger partial charge in [0.15, 0.2) is 5.78 Å². The fourth-order valence-corrected chi connectivity index (χ4v) is 1.24. The first-order valence-electron chi connectivity index (χ1n) is 4.55. The van der Waals surface area contributed by atoms with Gasteiger partial charge in [0.25, 0.3) is 0 Å². The fourth-order valence-electron chi connectivity index (χ4n) is 1.24. The minimum Gasteiger partial charge on any atom is -0.465 e. The van der Waals surface area contributed by atoms with Gasteiger partial charge in [-0.15, -0.1) is 0 Å². The van der Waals surface area contributed by atoms with E-state index in [1.165, 1.54) is 14.0 Å². The van der Waals surface area contributed by atoms with Gasteiger partial charge in [0.05, 0.1) is 12.7 Å². The normalized spacial score (nSPS) is 9.87. The van der Waals surface area contributed by atoms with Crippen LogP contribution in [0.2, 0.25) is 0 Å². The third-order valence-electron chi connectivity index (χ3n) is 2.20. The zero-order valence-electron chi connectivity index (χ0n) is 9.25. The molecule has 80 valence electrons. The number of ether oxygens (including phenoxy) is 1. The summed E-state index contributed by atoms with van der Waals surface area (Å²) in [5, 5.41) is 0. The molecule has 4 nitrogen and oxygen atoms in total. The van der Waals surface area contributed by atoms with Crippen molar-refractivity contribution in [1.82, 2.24) is 4.98 Å². The number of hydrogen-bond donors (Lipinski definition) is 0. The van der Waals surface area contributed by atoms with E-state index in [2.05, 4.69) is 9.72 Å². The lowest BCUT2D eigenvalue weighted by Crippen LogP contribution is -2.12. The van der Waals surface area contributed by atoms with Gasteiger partial charge in [0, 0.05) is 12.6 Å². The Balaban J connectivity index is 3.41. The number of Topliss-reactive ketones (excluding diaryl/α,β-unsaturated/α-hetero) is 1. The monoisotopic (exact) mass is 207 g/mol. The molecule has 0 saturated heterocycles. The van der Waals surface area contributed by atoms with Gasteiger partial charge in [0.2, 0.25) is 0 Å². The maximum atomic E-state index is 11.4. The first-order chi connectivity index (χ1) is 6.97. The molecular weight excluding hydrogens is 194 g/mol. The summed E-state index contributed by atoms with van der Waals surface area (Å²) in [6.45, 7) is 5.01. The minimum absolute atomic E-state index is 0.171. The molecule has 0 unspecified atom stereocenters. The predicted molar refractivity (Wildman–Crippen MR) is 55.1 cm³/mol. The summed E-state index contributed by atoms with van der Waals surface area (Å²) >= 11 is 0. The highest BCUT2D eigenvalue weighted by atomic mass is 16.5. The van der Waals surface area contributed by atoms with E-state index in [9.17, 15) is 9.59 Å². The van der Waals surface area contributed by atoms with Gasteiger partial charge in [-0.3, -0.25) is 4.79 Å². The standard InChI is InChI=1S/C11H13NO3/c1-6-5-9(11(14)15-4)10(8(3)13)12-7(6)2/h5H,1-4H3. The van der Waals surface area contributed by atoms with E-state index in [0.717, 1.165) is 11.3 Å². The van der Waals surface area contributed by atoms with Gasteiger partial charge in [-0.05, 0) is 25.5 Å². The molecule has 0 aliphatic heterocycles. The molecule has 0 spiro atoms. The molecule has 1 rings (SSSR count). The van der Waals surface area contributed by atoms with Crippen LogP contribution >= 0.6 is 0 Å². The summed E-state index contributed by atoms with van der Waals surface area (Å²) in [4.78, 5) is 26.8. The average molecular weight is 207 g/mol. The molecule has 0 aromatic carbocycles. The van der Waals surface area contributed by atoms with Crippen molar-refractivity contribution < 1.29 is 14.3 Å². The number of aryl methyl sites for hydroxylation is 2. The number of methoxy groups -OCH3 is 1. The Labute approximate surface area is 88.3 Å². The highest BCUT2D eigenvalue weighted by Gasteiger charge is 2.17. The van der Waals surface area contributed by atoms with E-state index in [1.54, 1.807) is 13.0 Å². The van der Waals surface area contributed by atoms with E-state index in [1.807, 2.05) is 6.92 Å². The molecule has 0 N–H and O–H groups in total. The van der Waals surface area contributed by atoms with E-state index >= 15 is 0 Å². The summed E-state index contributed by atoms with van der Waals surface area (Å²) in [5.41, 5.74) is 2.01. The highest BCUT2D eigenvalue weighted by Crippen LogP contribution is 2.14. The van der Waals surface area contributed by atoms with Gasteiger partial charge in [-0.25, -0.2) is 9.78 Å². The average Bonchev–Trinajstić information content (AvgIpc) is 2.20. The number of hydrogen-bond acceptors (Lipinski definition) is 4. The number of rotatable bonds is 2. The van der Waals surface area contributed by atoms with Crippen LogP contribution in [0.4, 0.5) is 0 Å². The molecule has 0 atom stereocenters. The molecular formula is C11H13NO3. The molecule has 1 aromatic rings. The molecule has 0 fully saturated rings. The maximum absolute atomic E-state index is 11.4. The summed E-state index contributed by atoms with van der Waals surface area (Å²) < 4.78 is 4.59. The van der Waals surface area contributed by atoms with E-state index in [0.29, 0.717) is 0 Å². The molecule has 4 heteroatoms. The molecule has 1 heterocycles. The van der Waals surface area contributed by atoms with Crippen molar-refractivity contribution in [3.8, 4) is 0 Å². The van der Waals surface area contributed by atoms with Gasteiger partial charge in [0.1, 0.15) is 5.69 Å². The zero-order valence-corrected chi connectivity index (χ0v) is 9.25. The zero-order chi connectivity index (χ0) is 11.6. The molecule has 1 aromatic heterocycles. The SMILES string of the molecule is COC(=O)c1cc(C)c(C)nc1C(C)=O. The van der Waals surface area contributed by atoms with Gasteiger partial charge < -0.3 is 4.74 Å². The quantitative estimate of drug-likeness (QED) is 0.547. The van der Waals surface area contributed by atoms with E-state index in [-0.39, 0.29) is 17.0 Å². The Bertz CT molecular complexity index is 424. The number of pyridine rings is 1.